The predicted octanol–water partition coefficient (Wildman–Crippen LogP) is 3.83. The highest BCUT2D eigenvalue weighted by Gasteiger charge is 2.31. The van der Waals surface area contributed by atoms with Gasteiger partial charge in [0, 0.05) is 31.1 Å². The molecule has 1 saturated heterocycles. The highest BCUT2D eigenvalue weighted by Crippen LogP contribution is 2.34. The Morgan fingerprint density at radius 3 is 2.79 bits per heavy atom. The van der Waals surface area contributed by atoms with Crippen LogP contribution in [0.25, 0.3) is 0 Å². The Labute approximate surface area is 177 Å². The summed E-state index contributed by atoms with van der Waals surface area (Å²) in [5.74, 6) is 0.337. The van der Waals surface area contributed by atoms with Crippen molar-refractivity contribution < 1.29 is 13.2 Å². The largest absolute Gasteiger partial charge is 0.351 e. The van der Waals surface area contributed by atoms with Gasteiger partial charge in [-0.2, -0.15) is 4.31 Å². The minimum atomic E-state index is -3.73. The second kappa shape index (κ2) is 8.09. The molecule has 0 unspecified atom stereocenters. The summed E-state index contributed by atoms with van der Waals surface area (Å²) in [5.41, 5.74) is 2.90. The Morgan fingerprint density at radius 2 is 2.03 bits per heavy atom. The maximum atomic E-state index is 13.1. The molecule has 0 aromatic heterocycles. The first kappa shape index (κ1) is 20.4. The van der Waals surface area contributed by atoms with E-state index in [0.29, 0.717) is 37.0 Å². The zero-order valence-corrected chi connectivity index (χ0v) is 18.0. The van der Waals surface area contributed by atoms with E-state index in [1.165, 1.54) is 27.6 Å². The maximum absolute atomic E-state index is 13.1. The Bertz CT molecular complexity index is 1040. The summed E-state index contributed by atoms with van der Waals surface area (Å²) in [6.07, 6.45) is 2.80. The molecule has 154 valence electrons. The van der Waals surface area contributed by atoms with Crippen molar-refractivity contribution in [3.05, 3.63) is 64.2 Å². The molecule has 0 bridgehead atoms. The first-order valence-corrected chi connectivity index (χ1v) is 11.8. The lowest BCUT2D eigenvalue weighted by molar-refractivity contribution is 0.0950. The third-order valence-corrected chi connectivity index (χ3v) is 8.25. The molecule has 4 rings (SSSR count). The first-order chi connectivity index (χ1) is 13.9. The fourth-order valence-corrected chi connectivity index (χ4v) is 6.31. The number of hydrogen-bond acceptors (Lipinski definition) is 3. The zero-order chi connectivity index (χ0) is 20.6. The van der Waals surface area contributed by atoms with Crippen LogP contribution < -0.4 is 5.32 Å². The van der Waals surface area contributed by atoms with Gasteiger partial charge in [0.2, 0.25) is 10.0 Å². The van der Waals surface area contributed by atoms with E-state index in [9.17, 15) is 13.2 Å². The summed E-state index contributed by atoms with van der Waals surface area (Å²) < 4.78 is 27.7. The van der Waals surface area contributed by atoms with Gasteiger partial charge in [0.25, 0.3) is 5.91 Å². The van der Waals surface area contributed by atoms with Gasteiger partial charge in [-0.25, -0.2) is 8.42 Å². The molecule has 0 spiro atoms. The number of piperidine rings is 1. The summed E-state index contributed by atoms with van der Waals surface area (Å²) >= 11 is 6.22. The predicted molar refractivity (Wildman–Crippen MR) is 114 cm³/mol. The smallest absolute Gasteiger partial charge is 0.251 e. The van der Waals surface area contributed by atoms with Crippen molar-refractivity contribution in [2.24, 2.45) is 5.92 Å². The molecule has 29 heavy (non-hydrogen) atoms. The molecule has 1 aliphatic heterocycles. The number of carbonyl (C=O) groups excluding carboxylic acids is 1. The average Bonchev–Trinajstić information content (AvgIpc) is 2.68. The minimum Gasteiger partial charge on any atom is -0.351 e. The average molecular weight is 433 g/mol. The summed E-state index contributed by atoms with van der Waals surface area (Å²) in [4.78, 5) is 12.7. The van der Waals surface area contributed by atoms with Crippen molar-refractivity contribution in [2.75, 3.05) is 19.6 Å². The highest BCUT2D eigenvalue weighted by atomic mass is 35.5. The lowest BCUT2D eigenvalue weighted by atomic mass is 9.77. The summed E-state index contributed by atoms with van der Waals surface area (Å²) in [6, 6.07) is 12.7. The molecule has 1 amide bonds. The van der Waals surface area contributed by atoms with E-state index in [-0.39, 0.29) is 15.8 Å². The highest BCUT2D eigenvalue weighted by molar-refractivity contribution is 7.89. The van der Waals surface area contributed by atoms with Crippen molar-refractivity contribution in [2.45, 2.75) is 37.0 Å². The Hall–Kier alpha value is -1.89. The molecule has 0 radical (unpaired) electrons. The molecule has 0 saturated carbocycles. The third kappa shape index (κ3) is 4.06. The molecule has 1 N–H and O–H groups in total. The van der Waals surface area contributed by atoms with Crippen molar-refractivity contribution in [3.8, 4) is 0 Å². The van der Waals surface area contributed by atoms with Crippen LogP contribution in [0.4, 0.5) is 0 Å². The number of nitrogens with zero attached hydrogens (tertiary/aromatic N) is 1. The van der Waals surface area contributed by atoms with Gasteiger partial charge < -0.3 is 5.32 Å². The van der Waals surface area contributed by atoms with Crippen LogP contribution in [0.15, 0.2) is 47.4 Å². The molecule has 1 heterocycles. The second-order valence-corrected chi connectivity index (χ2v) is 10.4. The van der Waals surface area contributed by atoms with Gasteiger partial charge in [0.15, 0.2) is 0 Å². The molecule has 2 aliphatic rings. The number of rotatable bonds is 5. The quantitative estimate of drug-likeness (QED) is 0.780. The van der Waals surface area contributed by atoms with E-state index in [1.807, 2.05) is 19.1 Å². The van der Waals surface area contributed by atoms with Crippen LogP contribution in [0.2, 0.25) is 5.02 Å². The van der Waals surface area contributed by atoms with Gasteiger partial charge in [0.1, 0.15) is 4.90 Å². The van der Waals surface area contributed by atoms with Crippen LogP contribution in [0.3, 0.4) is 0 Å². The topological polar surface area (TPSA) is 66.5 Å². The number of carbonyl (C=O) groups is 1. The summed E-state index contributed by atoms with van der Waals surface area (Å²) in [6.45, 7) is 3.55. The second-order valence-electron chi connectivity index (χ2n) is 8.07. The molecule has 5 nitrogen and oxygen atoms in total. The number of benzene rings is 2. The van der Waals surface area contributed by atoms with Crippen molar-refractivity contribution in [1.29, 1.82) is 0 Å². The van der Waals surface area contributed by atoms with Gasteiger partial charge in [-0.1, -0.05) is 42.8 Å². The number of nitrogens with one attached hydrogen (secondary N) is 1. The van der Waals surface area contributed by atoms with Crippen LogP contribution in [-0.2, 0) is 16.4 Å². The van der Waals surface area contributed by atoms with Gasteiger partial charge in [-0.15, -0.1) is 0 Å². The number of amides is 1. The Kier molecular flexibility index (Phi) is 5.69. The first-order valence-electron chi connectivity index (χ1n) is 10.0. The fraction of sp³-hybridized carbons (Fsp3) is 0.409. The van der Waals surface area contributed by atoms with Gasteiger partial charge in [0.05, 0.1) is 5.02 Å². The molecule has 1 aliphatic carbocycles. The Morgan fingerprint density at radius 1 is 1.24 bits per heavy atom. The van der Waals surface area contributed by atoms with Crippen LogP contribution >= 0.6 is 11.6 Å². The van der Waals surface area contributed by atoms with Gasteiger partial charge in [-0.05, 0) is 54.5 Å². The zero-order valence-electron chi connectivity index (χ0n) is 16.4. The van der Waals surface area contributed by atoms with E-state index in [0.717, 1.165) is 19.3 Å². The number of sulfonamides is 1. The van der Waals surface area contributed by atoms with E-state index in [4.69, 9.17) is 11.6 Å². The van der Waals surface area contributed by atoms with Crippen LogP contribution in [0, 0.1) is 5.92 Å². The normalized spacial score (nSPS) is 21.9. The van der Waals surface area contributed by atoms with Crippen molar-refractivity contribution in [3.63, 3.8) is 0 Å². The molecule has 2 atom stereocenters. The number of hydrogen-bond donors (Lipinski definition) is 1. The summed E-state index contributed by atoms with van der Waals surface area (Å²) in [5, 5.41) is 3.08. The van der Waals surface area contributed by atoms with Crippen LogP contribution in [-0.4, -0.2) is 38.3 Å². The molecule has 7 heteroatoms. The summed E-state index contributed by atoms with van der Waals surface area (Å²) in [7, 11) is -3.73. The van der Waals surface area contributed by atoms with Gasteiger partial charge >= 0.3 is 0 Å². The maximum Gasteiger partial charge on any atom is 0.251 e. The lowest BCUT2D eigenvalue weighted by Gasteiger charge is -2.30. The number of fused-ring (bicyclic) bond motifs is 1. The van der Waals surface area contributed by atoms with Gasteiger partial charge in [-0.3, -0.25) is 4.79 Å². The van der Waals surface area contributed by atoms with Crippen molar-refractivity contribution in [1.82, 2.24) is 9.62 Å². The minimum absolute atomic E-state index is 0.00917. The standard InChI is InChI=1S/C22H25ClN2O3S/c1-15-5-4-10-25(14-15)29(27,28)21-12-17(8-9-20(21)23)22(26)24-13-18-11-16-6-2-3-7-19(16)18/h2-3,6-9,12,15,18H,4-5,10-11,13-14H2,1H3,(H,24,26)/t15-,18+/m1/s1. The molecule has 2 aromatic carbocycles. The Balaban J connectivity index is 1.48. The molecule has 2 aromatic rings. The SMILES string of the molecule is C[C@@H]1CCCN(S(=O)(=O)c2cc(C(=O)NC[C@@H]3Cc4ccccc43)ccc2Cl)C1. The van der Waals surface area contributed by atoms with Crippen LogP contribution in [0.1, 0.15) is 47.2 Å². The fourth-order valence-electron chi connectivity index (χ4n) is 4.21. The number of halogens is 1. The van der Waals surface area contributed by atoms with Crippen molar-refractivity contribution >= 4 is 27.5 Å². The van der Waals surface area contributed by atoms with E-state index in [2.05, 4.69) is 17.4 Å². The van der Waals surface area contributed by atoms with E-state index >= 15 is 0 Å². The monoisotopic (exact) mass is 432 g/mol. The van der Waals surface area contributed by atoms with E-state index in [1.54, 1.807) is 6.07 Å². The van der Waals surface area contributed by atoms with Crippen LogP contribution in [0.5, 0.6) is 0 Å². The molecular formula is C22H25ClN2O3S. The molecular weight excluding hydrogens is 408 g/mol. The third-order valence-electron chi connectivity index (χ3n) is 5.90. The van der Waals surface area contributed by atoms with E-state index < -0.39 is 10.0 Å². The molecule has 1 fully saturated rings. The lowest BCUT2D eigenvalue weighted by Crippen LogP contribution is -2.39.